The number of aryl methyl sites for hydroxylation is 1. The summed E-state index contributed by atoms with van der Waals surface area (Å²) in [5, 5.41) is 17.3. The number of methoxy groups -OCH3 is 1. The first kappa shape index (κ1) is 34.8. The van der Waals surface area contributed by atoms with Crippen LogP contribution in [0.25, 0.3) is 5.57 Å². The monoisotopic (exact) mass is 676 g/mol. The molecule has 0 fully saturated rings. The average molecular weight is 677 g/mol. The van der Waals surface area contributed by atoms with Crippen LogP contribution in [0.3, 0.4) is 0 Å². The number of phenolic OH excluding ortho intramolecular Hbond substituents is 1. The zero-order chi connectivity index (χ0) is 35.1. The quantitative estimate of drug-likeness (QED) is 0.0790. The molecule has 8 nitrogen and oxygen atoms in total. The summed E-state index contributed by atoms with van der Waals surface area (Å²) in [5.41, 5.74) is 4.57. The Bertz CT molecular complexity index is 1960. The second-order valence-electron chi connectivity index (χ2n) is 12.1. The highest BCUT2D eigenvalue weighted by molar-refractivity contribution is 6.30. The van der Waals surface area contributed by atoms with E-state index in [1.54, 1.807) is 54.6 Å². The van der Waals surface area contributed by atoms with Crippen LogP contribution in [0.15, 0.2) is 84.9 Å². The number of carbonyl (C=O) groups excluding carboxylic acids is 3. The molecule has 1 atom stereocenters. The molecule has 0 bridgehead atoms. The molecule has 0 aromatic heterocycles. The third-order valence-electron chi connectivity index (χ3n) is 8.30. The highest BCUT2D eigenvalue weighted by Gasteiger charge is 2.35. The van der Waals surface area contributed by atoms with Gasteiger partial charge in [0.1, 0.15) is 5.60 Å². The first-order chi connectivity index (χ1) is 23.5. The Labute approximate surface area is 291 Å². The topological polar surface area (TPSA) is 114 Å². The van der Waals surface area contributed by atoms with Gasteiger partial charge in [0, 0.05) is 52.4 Å². The van der Waals surface area contributed by atoms with Crippen LogP contribution in [-0.4, -0.2) is 35.4 Å². The van der Waals surface area contributed by atoms with Crippen molar-refractivity contribution in [3.05, 3.63) is 118 Å². The number of nitrogens with one attached hydrogen (secondary N) is 2. The second kappa shape index (κ2) is 15.1. The molecule has 0 radical (unpaired) electrons. The fourth-order valence-corrected chi connectivity index (χ4v) is 5.92. The van der Waals surface area contributed by atoms with Gasteiger partial charge in [-0.1, -0.05) is 17.7 Å². The number of ether oxygens (including phenoxy) is 2. The molecular formula is C40H37ClN2O6. The van der Waals surface area contributed by atoms with Gasteiger partial charge in [-0.25, -0.2) is 0 Å². The minimum Gasteiger partial charge on any atom is -0.502 e. The average Bonchev–Trinajstić information content (AvgIpc) is 3.08. The Kier molecular flexibility index (Phi) is 10.8. The molecule has 4 aromatic rings. The highest BCUT2D eigenvalue weighted by Crippen LogP contribution is 2.49. The van der Waals surface area contributed by atoms with Gasteiger partial charge in [-0.3, -0.25) is 14.4 Å². The van der Waals surface area contributed by atoms with E-state index in [1.165, 1.54) is 7.11 Å². The van der Waals surface area contributed by atoms with Gasteiger partial charge in [0.2, 0.25) is 17.6 Å². The van der Waals surface area contributed by atoms with Gasteiger partial charge in [0.25, 0.3) is 0 Å². The SMILES string of the molecule is C#CCCCC(=O)Nc1ccc(C(=O)c2ccc(NC(=O)CCC3(C)C=C(c4ccc(Cl)cc4C)c4ccc(OC)c(O)c4O3)cc2)cc1. The van der Waals surface area contributed by atoms with Crippen LogP contribution in [-0.2, 0) is 9.59 Å². The van der Waals surface area contributed by atoms with E-state index in [4.69, 9.17) is 27.5 Å². The minimum absolute atomic E-state index is 0.114. The third-order valence-corrected chi connectivity index (χ3v) is 8.54. The fraction of sp³-hybridized carbons (Fsp3) is 0.225. The maximum Gasteiger partial charge on any atom is 0.224 e. The molecule has 4 aromatic carbocycles. The van der Waals surface area contributed by atoms with Crippen molar-refractivity contribution in [2.45, 2.75) is 51.6 Å². The van der Waals surface area contributed by atoms with E-state index >= 15 is 0 Å². The number of unbranched alkanes of at least 4 members (excludes halogenated alkanes) is 1. The number of hydrogen-bond donors (Lipinski definition) is 3. The lowest BCUT2D eigenvalue weighted by atomic mass is 9.85. The molecular weight excluding hydrogens is 640 g/mol. The van der Waals surface area contributed by atoms with Crippen molar-refractivity contribution in [2.75, 3.05) is 17.7 Å². The lowest BCUT2D eigenvalue weighted by Gasteiger charge is -2.35. The number of ketones is 1. The van der Waals surface area contributed by atoms with Gasteiger partial charge in [-0.2, -0.15) is 0 Å². The van der Waals surface area contributed by atoms with Crippen molar-refractivity contribution in [3.63, 3.8) is 0 Å². The lowest BCUT2D eigenvalue weighted by molar-refractivity contribution is -0.117. The number of fused-ring (bicyclic) bond motifs is 1. The number of halogens is 1. The number of amides is 2. The minimum atomic E-state index is -0.938. The van der Waals surface area contributed by atoms with Crippen LogP contribution in [0, 0.1) is 19.3 Å². The van der Waals surface area contributed by atoms with Gasteiger partial charge in [-0.05, 0) is 122 Å². The lowest BCUT2D eigenvalue weighted by Crippen LogP contribution is -2.34. The largest absolute Gasteiger partial charge is 0.502 e. The van der Waals surface area contributed by atoms with E-state index in [9.17, 15) is 19.5 Å². The second-order valence-corrected chi connectivity index (χ2v) is 12.5. The van der Waals surface area contributed by atoms with Crippen molar-refractivity contribution in [2.24, 2.45) is 0 Å². The maximum atomic E-state index is 13.1. The van der Waals surface area contributed by atoms with Gasteiger partial charge >= 0.3 is 0 Å². The summed E-state index contributed by atoms with van der Waals surface area (Å²) in [6, 6.07) is 22.5. The van der Waals surface area contributed by atoms with Crippen LogP contribution in [0.1, 0.15) is 71.6 Å². The van der Waals surface area contributed by atoms with Gasteiger partial charge in [-0.15, -0.1) is 12.3 Å². The van der Waals surface area contributed by atoms with Crippen LogP contribution in [0.5, 0.6) is 17.2 Å². The molecule has 1 unspecified atom stereocenters. The number of aromatic hydroxyl groups is 1. The molecule has 49 heavy (non-hydrogen) atoms. The molecule has 0 aliphatic carbocycles. The van der Waals surface area contributed by atoms with Crippen molar-refractivity contribution in [3.8, 4) is 29.6 Å². The van der Waals surface area contributed by atoms with E-state index in [1.807, 2.05) is 44.2 Å². The first-order valence-corrected chi connectivity index (χ1v) is 16.2. The zero-order valence-corrected chi connectivity index (χ0v) is 28.3. The van der Waals surface area contributed by atoms with E-state index in [0.717, 1.165) is 16.7 Å². The molecule has 0 spiro atoms. The van der Waals surface area contributed by atoms with E-state index in [0.29, 0.717) is 58.8 Å². The Morgan fingerprint density at radius 1 is 0.898 bits per heavy atom. The molecule has 5 rings (SSSR count). The van der Waals surface area contributed by atoms with Gasteiger partial charge in [0.15, 0.2) is 17.3 Å². The Morgan fingerprint density at radius 2 is 1.49 bits per heavy atom. The highest BCUT2D eigenvalue weighted by atomic mass is 35.5. The van der Waals surface area contributed by atoms with E-state index in [-0.39, 0.29) is 41.3 Å². The normalized spacial score (nSPS) is 14.8. The number of carbonyl (C=O) groups is 3. The van der Waals surface area contributed by atoms with Gasteiger partial charge in [0.05, 0.1) is 7.11 Å². The third kappa shape index (κ3) is 8.32. The predicted octanol–water partition coefficient (Wildman–Crippen LogP) is 8.34. The Morgan fingerprint density at radius 3 is 2.06 bits per heavy atom. The smallest absolute Gasteiger partial charge is 0.224 e. The molecule has 0 saturated carbocycles. The van der Waals surface area contributed by atoms with Crippen LogP contribution in [0.2, 0.25) is 5.02 Å². The van der Waals surface area contributed by atoms with Crippen molar-refractivity contribution < 1.29 is 29.0 Å². The molecule has 9 heteroatoms. The van der Waals surface area contributed by atoms with Crippen molar-refractivity contribution >= 4 is 46.1 Å². The Hall–Kier alpha value is -5.52. The maximum absolute atomic E-state index is 13.1. The number of anilines is 2. The zero-order valence-electron chi connectivity index (χ0n) is 27.6. The molecule has 3 N–H and O–H groups in total. The molecule has 1 aliphatic rings. The van der Waals surface area contributed by atoms with Crippen LogP contribution < -0.4 is 20.1 Å². The number of benzene rings is 4. The number of hydrogen-bond acceptors (Lipinski definition) is 6. The summed E-state index contributed by atoms with van der Waals surface area (Å²) in [4.78, 5) is 38.2. The number of rotatable bonds is 12. The molecule has 0 saturated heterocycles. The van der Waals surface area contributed by atoms with E-state index < -0.39 is 5.60 Å². The summed E-state index contributed by atoms with van der Waals surface area (Å²) in [6.45, 7) is 3.84. The summed E-state index contributed by atoms with van der Waals surface area (Å²) in [5.74, 6) is 2.40. The van der Waals surface area contributed by atoms with Crippen LogP contribution >= 0.6 is 11.6 Å². The standard InChI is InChI=1S/C40H37ClN2O6/c1-5-6-7-8-35(44)42-29-14-9-26(10-15-29)37(46)27-11-16-30(17-12-27)43-36(45)21-22-40(3)24-33(31-18-13-28(41)23-25(31)2)32-19-20-34(48-4)38(47)39(32)49-40/h1,9-20,23-24,47H,6-8,21-22H2,2-4H3,(H,42,44)(H,43,45). The first-order valence-electron chi connectivity index (χ1n) is 15.9. The molecule has 2 amide bonds. The Balaban J connectivity index is 1.24. The fourth-order valence-electron chi connectivity index (χ4n) is 5.69. The summed E-state index contributed by atoms with van der Waals surface area (Å²) in [7, 11) is 1.47. The van der Waals surface area contributed by atoms with Crippen LogP contribution in [0.4, 0.5) is 11.4 Å². The van der Waals surface area contributed by atoms with E-state index in [2.05, 4.69) is 16.6 Å². The summed E-state index contributed by atoms with van der Waals surface area (Å²) in [6.07, 6.45) is 9.12. The van der Waals surface area contributed by atoms with Crippen molar-refractivity contribution in [1.29, 1.82) is 0 Å². The van der Waals surface area contributed by atoms with Gasteiger partial charge < -0.3 is 25.2 Å². The molecule has 250 valence electrons. The summed E-state index contributed by atoms with van der Waals surface area (Å²) < 4.78 is 11.7. The molecule has 1 aliphatic heterocycles. The number of terminal acetylenes is 1. The summed E-state index contributed by atoms with van der Waals surface area (Å²) >= 11 is 6.24. The molecule has 1 heterocycles. The van der Waals surface area contributed by atoms with Crippen molar-refractivity contribution in [1.82, 2.24) is 0 Å². The predicted molar refractivity (Wildman–Crippen MR) is 192 cm³/mol. The number of phenols is 1.